The van der Waals surface area contributed by atoms with Crippen LogP contribution in [0.4, 0.5) is 5.69 Å². The van der Waals surface area contributed by atoms with Crippen molar-refractivity contribution in [2.75, 3.05) is 25.5 Å². The van der Waals surface area contributed by atoms with Gasteiger partial charge >= 0.3 is 0 Å². The average molecular weight is 324 g/mol. The third-order valence-electron chi connectivity index (χ3n) is 3.79. The highest BCUT2D eigenvalue weighted by Crippen LogP contribution is 2.14. The third kappa shape index (κ3) is 5.11. The molecule has 0 radical (unpaired) electrons. The van der Waals surface area contributed by atoms with E-state index in [0.717, 1.165) is 28.4 Å². The normalized spacial score (nSPS) is 11.4. The van der Waals surface area contributed by atoms with Crippen LogP contribution in [0.2, 0.25) is 0 Å². The second kappa shape index (κ2) is 8.70. The number of carbonyl (C=O) groups is 1. The Morgan fingerprint density at radius 3 is 2.62 bits per heavy atom. The Labute approximate surface area is 142 Å². The summed E-state index contributed by atoms with van der Waals surface area (Å²) in [6, 6.07) is 16.9. The van der Waals surface area contributed by atoms with E-state index in [2.05, 4.69) is 11.4 Å². The fourth-order valence-electron chi connectivity index (χ4n) is 2.46. The van der Waals surface area contributed by atoms with Gasteiger partial charge in [-0.15, -0.1) is 0 Å². The molecular formula is C19H22N3O2+. The molecule has 2 aromatic rings. The number of nitriles is 1. The molecule has 0 spiro atoms. The van der Waals surface area contributed by atoms with Gasteiger partial charge in [-0.2, -0.15) is 5.26 Å². The fraction of sp³-hybridized carbons (Fsp3) is 0.263. The second-order valence-electron chi connectivity index (χ2n) is 5.55. The molecule has 0 bridgehead atoms. The quantitative estimate of drug-likeness (QED) is 0.813. The van der Waals surface area contributed by atoms with Gasteiger partial charge in [0.15, 0.2) is 6.54 Å². The molecule has 1 atom stereocenters. The zero-order chi connectivity index (χ0) is 17.4. The van der Waals surface area contributed by atoms with Gasteiger partial charge in [-0.25, -0.2) is 0 Å². The highest BCUT2D eigenvalue weighted by atomic mass is 16.5. The minimum absolute atomic E-state index is 0.0338. The van der Waals surface area contributed by atoms with Gasteiger partial charge < -0.3 is 15.0 Å². The van der Waals surface area contributed by atoms with Crippen LogP contribution in [0, 0.1) is 11.3 Å². The number of hydrogen-bond acceptors (Lipinski definition) is 3. The first kappa shape index (κ1) is 17.5. The monoisotopic (exact) mass is 324 g/mol. The van der Waals surface area contributed by atoms with Gasteiger partial charge in [0.2, 0.25) is 0 Å². The summed E-state index contributed by atoms with van der Waals surface area (Å²) in [6.07, 6.45) is 0. The first-order valence-electron chi connectivity index (χ1n) is 7.91. The molecule has 0 aromatic heterocycles. The lowest BCUT2D eigenvalue weighted by atomic mass is 10.1. The van der Waals surface area contributed by atoms with E-state index in [4.69, 9.17) is 10.00 Å². The van der Waals surface area contributed by atoms with Gasteiger partial charge in [-0.1, -0.05) is 12.1 Å². The number of nitrogens with zero attached hydrogens (tertiary/aromatic N) is 1. The molecule has 2 N–H and O–H groups in total. The molecule has 5 nitrogen and oxygen atoms in total. The fourth-order valence-corrected chi connectivity index (χ4v) is 2.46. The zero-order valence-corrected chi connectivity index (χ0v) is 14.0. The van der Waals surface area contributed by atoms with E-state index in [1.807, 2.05) is 49.4 Å². The Hall–Kier alpha value is -2.84. The van der Waals surface area contributed by atoms with Crippen LogP contribution in [0.25, 0.3) is 0 Å². The van der Waals surface area contributed by atoms with Crippen molar-refractivity contribution < 1.29 is 14.4 Å². The van der Waals surface area contributed by atoms with Crippen LogP contribution in [-0.2, 0) is 11.3 Å². The zero-order valence-electron chi connectivity index (χ0n) is 14.0. The molecule has 0 aliphatic heterocycles. The summed E-state index contributed by atoms with van der Waals surface area (Å²) in [5.41, 5.74) is 2.46. The SMILES string of the molecule is CC[NH+](CC(=O)Nc1ccc(OC)cc1)Cc1cccc(C#N)c1. The number of rotatable bonds is 7. The van der Waals surface area contributed by atoms with Crippen molar-refractivity contribution in [1.29, 1.82) is 5.26 Å². The van der Waals surface area contributed by atoms with Crippen LogP contribution >= 0.6 is 0 Å². The first-order valence-corrected chi connectivity index (χ1v) is 7.91. The summed E-state index contributed by atoms with van der Waals surface area (Å²) in [7, 11) is 1.61. The molecule has 1 unspecified atom stereocenters. The van der Waals surface area contributed by atoms with E-state index in [1.54, 1.807) is 13.2 Å². The summed E-state index contributed by atoms with van der Waals surface area (Å²) in [5.74, 6) is 0.722. The highest BCUT2D eigenvalue weighted by Gasteiger charge is 2.13. The third-order valence-corrected chi connectivity index (χ3v) is 3.79. The molecule has 2 aromatic carbocycles. The number of likely N-dealkylation sites (N-methyl/N-ethyl adjacent to an activating group) is 1. The molecule has 124 valence electrons. The molecule has 0 fully saturated rings. The molecule has 2 rings (SSSR count). The van der Waals surface area contributed by atoms with E-state index in [-0.39, 0.29) is 5.91 Å². The van der Waals surface area contributed by atoms with Gasteiger partial charge in [-0.05, 0) is 43.3 Å². The van der Waals surface area contributed by atoms with Crippen LogP contribution in [0.3, 0.4) is 0 Å². The number of ether oxygens (including phenoxy) is 1. The number of hydrogen-bond donors (Lipinski definition) is 2. The summed E-state index contributed by atoms with van der Waals surface area (Å²) in [6.45, 7) is 3.96. The summed E-state index contributed by atoms with van der Waals surface area (Å²) in [5, 5.41) is 11.9. The lowest BCUT2D eigenvalue weighted by Crippen LogP contribution is -3.11. The van der Waals surface area contributed by atoms with Crippen LogP contribution < -0.4 is 15.0 Å². The largest absolute Gasteiger partial charge is 0.497 e. The van der Waals surface area contributed by atoms with E-state index < -0.39 is 0 Å². The van der Waals surface area contributed by atoms with Crippen LogP contribution in [0.15, 0.2) is 48.5 Å². The lowest BCUT2D eigenvalue weighted by molar-refractivity contribution is -0.903. The maximum absolute atomic E-state index is 12.2. The average Bonchev–Trinajstić information content (AvgIpc) is 2.62. The van der Waals surface area contributed by atoms with Gasteiger partial charge in [0.1, 0.15) is 12.3 Å². The Morgan fingerprint density at radius 2 is 2.00 bits per heavy atom. The first-order chi connectivity index (χ1) is 11.6. The number of quaternary nitrogens is 1. The van der Waals surface area contributed by atoms with Crippen molar-refractivity contribution in [2.24, 2.45) is 0 Å². The molecule has 0 aliphatic rings. The predicted molar refractivity (Wildman–Crippen MR) is 92.9 cm³/mol. The number of amides is 1. The molecule has 24 heavy (non-hydrogen) atoms. The Kier molecular flexibility index (Phi) is 6.35. The van der Waals surface area contributed by atoms with Crippen molar-refractivity contribution in [3.8, 4) is 11.8 Å². The molecule has 1 amide bonds. The molecule has 0 heterocycles. The predicted octanol–water partition coefficient (Wildman–Crippen LogP) is 1.61. The molecule has 0 saturated carbocycles. The molecule has 0 saturated heterocycles. The number of nitrogens with one attached hydrogen (secondary N) is 2. The second-order valence-corrected chi connectivity index (χ2v) is 5.55. The van der Waals surface area contributed by atoms with Gasteiger partial charge in [0.25, 0.3) is 5.91 Å². The maximum Gasteiger partial charge on any atom is 0.279 e. The van der Waals surface area contributed by atoms with Crippen molar-refractivity contribution >= 4 is 11.6 Å². The molecular weight excluding hydrogens is 302 g/mol. The van der Waals surface area contributed by atoms with E-state index in [1.165, 1.54) is 0 Å². The van der Waals surface area contributed by atoms with Crippen molar-refractivity contribution in [2.45, 2.75) is 13.5 Å². The van der Waals surface area contributed by atoms with E-state index in [0.29, 0.717) is 18.7 Å². The van der Waals surface area contributed by atoms with Crippen molar-refractivity contribution in [3.63, 3.8) is 0 Å². The Balaban J connectivity index is 1.93. The highest BCUT2D eigenvalue weighted by molar-refractivity contribution is 5.91. The molecule has 5 heteroatoms. The minimum atomic E-state index is -0.0338. The number of anilines is 1. The van der Waals surface area contributed by atoms with Crippen molar-refractivity contribution in [3.05, 3.63) is 59.7 Å². The van der Waals surface area contributed by atoms with E-state index >= 15 is 0 Å². The van der Waals surface area contributed by atoms with Crippen molar-refractivity contribution in [1.82, 2.24) is 0 Å². The Morgan fingerprint density at radius 1 is 1.25 bits per heavy atom. The lowest BCUT2D eigenvalue weighted by Gasteiger charge is -2.17. The minimum Gasteiger partial charge on any atom is -0.497 e. The maximum atomic E-state index is 12.2. The van der Waals surface area contributed by atoms with Gasteiger partial charge in [0.05, 0.1) is 25.3 Å². The standard InChI is InChI=1S/C19H21N3O2/c1-3-22(13-16-6-4-5-15(11-16)12-20)14-19(23)21-17-7-9-18(24-2)10-8-17/h4-11H,3,13-14H2,1-2H3,(H,21,23)/p+1. The number of methoxy groups -OCH3 is 1. The van der Waals surface area contributed by atoms with E-state index in [9.17, 15) is 4.79 Å². The van der Waals surface area contributed by atoms with Crippen LogP contribution in [-0.4, -0.2) is 26.1 Å². The summed E-state index contributed by atoms with van der Waals surface area (Å²) >= 11 is 0. The number of benzene rings is 2. The topological polar surface area (TPSA) is 66.6 Å². The van der Waals surface area contributed by atoms with Gasteiger partial charge in [-0.3, -0.25) is 4.79 Å². The summed E-state index contributed by atoms with van der Waals surface area (Å²) in [4.78, 5) is 13.4. The van der Waals surface area contributed by atoms with Crippen LogP contribution in [0.1, 0.15) is 18.1 Å². The molecule has 0 aliphatic carbocycles. The smallest absolute Gasteiger partial charge is 0.279 e. The number of carbonyl (C=O) groups excluding carboxylic acids is 1. The Bertz CT molecular complexity index is 720. The summed E-state index contributed by atoms with van der Waals surface area (Å²) < 4.78 is 5.10. The van der Waals surface area contributed by atoms with Gasteiger partial charge in [0, 0.05) is 11.3 Å². The van der Waals surface area contributed by atoms with Crippen LogP contribution in [0.5, 0.6) is 5.75 Å².